The van der Waals surface area contributed by atoms with Gasteiger partial charge in [0.05, 0.1) is 5.56 Å². The van der Waals surface area contributed by atoms with Gasteiger partial charge in [0.25, 0.3) is 5.91 Å². The summed E-state index contributed by atoms with van der Waals surface area (Å²) in [6.45, 7) is 1.85. The van der Waals surface area contributed by atoms with Crippen LogP contribution in [0.4, 0.5) is 10.1 Å². The van der Waals surface area contributed by atoms with E-state index in [1.54, 1.807) is 18.2 Å². The molecule has 0 saturated carbocycles. The number of anilines is 1. The second-order valence-corrected chi connectivity index (χ2v) is 4.89. The van der Waals surface area contributed by atoms with Crippen molar-refractivity contribution in [3.8, 4) is 0 Å². The zero-order valence-corrected chi connectivity index (χ0v) is 11.5. The number of aryl methyl sites for hydroxylation is 1. The molecule has 0 heterocycles. The van der Waals surface area contributed by atoms with Crippen LogP contribution in [0, 0.1) is 12.7 Å². The summed E-state index contributed by atoms with van der Waals surface area (Å²) < 4.78 is 13.6. The summed E-state index contributed by atoms with van der Waals surface area (Å²) in [6.07, 6.45) is 0. The lowest BCUT2D eigenvalue weighted by Gasteiger charge is -2.07. The summed E-state index contributed by atoms with van der Waals surface area (Å²) in [5.41, 5.74) is 1.34. The molecule has 0 spiro atoms. The van der Waals surface area contributed by atoms with Gasteiger partial charge in [0, 0.05) is 15.7 Å². The molecule has 2 rings (SSSR count). The van der Waals surface area contributed by atoms with Crippen LogP contribution in [0.5, 0.6) is 0 Å². The molecule has 2 aromatic carbocycles. The minimum absolute atomic E-state index is 0.0684. The Morgan fingerprint density at radius 1 is 1.16 bits per heavy atom. The van der Waals surface area contributed by atoms with Gasteiger partial charge in [0.1, 0.15) is 5.82 Å². The molecule has 5 heteroatoms. The molecule has 98 valence electrons. The first-order valence-corrected chi connectivity index (χ1v) is 6.25. The molecule has 0 aliphatic heterocycles. The fourth-order valence-electron chi connectivity index (χ4n) is 1.54. The molecular weight excluding hydrogens is 288 g/mol. The summed E-state index contributed by atoms with van der Waals surface area (Å²) in [4.78, 5) is 11.9. The Kier molecular flexibility index (Phi) is 4.08. The number of carbonyl (C=O) groups is 1. The van der Waals surface area contributed by atoms with Gasteiger partial charge in [-0.3, -0.25) is 4.79 Å². The van der Waals surface area contributed by atoms with Crippen molar-refractivity contribution >= 4 is 34.8 Å². The Labute approximate surface area is 120 Å². The van der Waals surface area contributed by atoms with Crippen molar-refractivity contribution in [3.05, 3.63) is 63.4 Å². The summed E-state index contributed by atoms with van der Waals surface area (Å²) >= 11 is 11.6. The fraction of sp³-hybridized carbons (Fsp3) is 0.0714. The summed E-state index contributed by atoms with van der Waals surface area (Å²) in [5, 5.41) is 3.36. The predicted molar refractivity (Wildman–Crippen MR) is 75.6 cm³/mol. The first kappa shape index (κ1) is 13.8. The quantitative estimate of drug-likeness (QED) is 0.856. The van der Waals surface area contributed by atoms with Gasteiger partial charge in [0.15, 0.2) is 0 Å². The van der Waals surface area contributed by atoms with Gasteiger partial charge < -0.3 is 5.32 Å². The maximum atomic E-state index is 13.6. The largest absolute Gasteiger partial charge is 0.322 e. The van der Waals surface area contributed by atoms with E-state index in [1.807, 2.05) is 6.92 Å². The highest BCUT2D eigenvalue weighted by atomic mass is 35.5. The van der Waals surface area contributed by atoms with Gasteiger partial charge in [-0.15, -0.1) is 0 Å². The van der Waals surface area contributed by atoms with Gasteiger partial charge in [0.2, 0.25) is 0 Å². The van der Waals surface area contributed by atoms with Gasteiger partial charge in [-0.25, -0.2) is 4.39 Å². The lowest BCUT2D eigenvalue weighted by Crippen LogP contribution is -2.13. The second kappa shape index (κ2) is 5.59. The molecule has 0 saturated heterocycles. The van der Waals surface area contributed by atoms with Crippen LogP contribution in [0.3, 0.4) is 0 Å². The third-order valence-electron chi connectivity index (χ3n) is 2.61. The summed E-state index contributed by atoms with van der Waals surface area (Å²) in [7, 11) is 0. The lowest BCUT2D eigenvalue weighted by molar-refractivity contribution is 0.102. The Hall–Kier alpha value is -1.58. The molecule has 0 aliphatic rings. The van der Waals surface area contributed by atoms with Crippen molar-refractivity contribution in [2.45, 2.75) is 6.92 Å². The minimum Gasteiger partial charge on any atom is -0.322 e. The Morgan fingerprint density at radius 3 is 2.53 bits per heavy atom. The van der Waals surface area contributed by atoms with E-state index in [4.69, 9.17) is 23.2 Å². The molecule has 0 aliphatic carbocycles. The van der Waals surface area contributed by atoms with Crippen molar-refractivity contribution < 1.29 is 9.18 Å². The highest BCUT2D eigenvalue weighted by molar-refractivity contribution is 6.31. The van der Waals surface area contributed by atoms with Gasteiger partial charge in [-0.2, -0.15) is 0 Å². The molecule has 0 radical (unpaired) electrons. The number of carbonyl (C=O) groups excluding carboxylic acids is 1. The van der Waals surface area contributed by atoms with Crippen LogP contribution >= 0.6 is 23.2 Å². The van der Waals surface area contributed by atoms with Gasteiger partial charge >= 0.3 is 0 Å². The number of hydrogen-bond acceptors (Lipinski definition) is 1. The molecule has 0 fully saturated rings. The van der Waals surface area contributed by atoms with Crippen LogP contribution in [0.2, 0.25) is 10.0 Å². The fourth-order valence-corrected chi connectivity index (χ4v) is 1.88. The molecule has 0 bridgehead atoms. The van der Waals surface area contributed by atoms with Crippen molar-refractivity contribution in [1.29, 1.82) is 0 Å². The Bertz CT molecular complexity index is 643. The minimum atomic E-state index is -0.664. The monoisotopic (exact) mass is 297 g/mol. The highest BCUT2D eigenvalue weighted by Gasteiger charge is 2.12. The molecular formula is C14H10Cl2FNO. The van der Waals surface area contributed by atoms with Crippen LogP contribution in [0.25, 0.3) is 0 Å². The van der Waals surface area contributed by atoms with Crippen LogP contribution in [0.1, 0.15) is 15.9 Å². The molecule has 2 nitrogen and oxygen atoms in total. The molecule has 19 heavy (non-hydrogen) atoms. The van der Waals surface area contributed by atoms with Crippen molar-refractivity contribution in [1.82, 2.24) is 0 Å². The number of amides is 1. The normalized spacial score (nSPS) is 10.3. The van der Waals surface area contributed by atoms with Gasteiger partial charge in [-0.1, -0.05) is 29.3 Å². The zero-order chi connectivity index (χ0) is 14.0. The number of benzene rings is 2. The number of rotatable bonds is 2. The van der Waals surface area contributed by atoms with E-state index in [2.05, 4.69) is 5.32 Å². The maximum absolute atomic E-state index is 13.6. The van der Waals surface area contributed by atoms with Crippen molar-refractivity contribution in [2.24, 2.45) is 0 Å². The van der Waals surface area contributed by atoms with Crippen LogP contribution < -0.4 is 5.32 Å². The first-order chi connectivity index (χ1) is 8.97. The lowest BCUT2D eigenvalue weighted by atomic mass is 10.2. The van der Waals surface area contributed by atoms with E-state index in [0.717, 1.165) is 11.6 Å². The first-order valence-electron chi connectivity index (χ1n) is 5.50. The van der Waals surface area contributed by atoms with E-state index in [9.17, 15) is 9.18 Å². The van der Waals surface area contributed by atoms with Crippen LogP contribution in [-0.2, 0) is 0 Å². The maximum Gasteiger partial charge on any atom is 0.258 e. The Balaban J connectivity index is 2.23. The van der Waals surface area contributed by atoms with Crippen LogP contribution in [0.15, 0.2) is 36.4 Å². The topological polar surface area (TPSA) is 29.1 Å². The number of hydrogen-bond donors (Lipinski definition) is 1. The molecule has 0 aromatic heterocycles. The second-order valence-electron chi connectivity index (χ2n) is 4.04. The molecule has 2 aromatic rings. The number of nitrogens with one attached hydrogen (secondary N) is 1. The van der Waals surface area contributed by atoms with Crippen molar-refractivity contribution in [2.75, 3.05) is 5.32 Å². The third-order valence-corrected chi connectivity index (χ3v) is 3.25. The number of halogens is 3. The van der Waals surface area contributed by atoms with Gasteiger partial charge in [-0.05, 0) is 42.8 Å². The van der Waals surface area contributed by atoms with E-state index in [0.29, 0.717) is 10.7 Å². The predicted octanol–water partition coefficient (Wildman–Crippen LogP) is 4.69. The standard InChI is InChI=1S/C14H10Cl2FNO/c1-8-2-4-10(7-12(8)16)18-14(19)11-5-3-9(15)6-13(11)17/h2-7H,1H3,(H,18,19). The summed E-state index contributed by atoms with van der Waals surface area (Å²) in [6, 6.07) is 8.98. The Morgan fingerprint density at radius 2 is 1.89 bits per heavy atom. The zero-order valence-electron chi connectivity index (χ0n) is 10.0. The third kappa shape index (κ3) is 3.25. The average molecular weight is 298 g/mol. The van der Waals surface area contributed by atoms with Crippen molar-refractivity contribution in [3.63, 3.8) is 0 Å². The van der Waals surface area contributed by atoms with Crippen LogP contribution in [-0.4, -0.2) is 5.91 Å². The molecule has 1 N–H and O–H groups in total. The van der Waals surface area contributed by atoms with E-state index in [1.165, 1.54) is 12.1 Å². The molecule has 1 amide bonds. The smallest absolute Gasteiger partial charge is 0.258 e. The SMILES string of the molecule is Cc1ccc(NC(=O)c2ccc(Cl)cc2F)cc1Cl. The van der Waals surface area contributed by atoms with E-state index >= 15 is 0 Å². The molecule has 0 atom stereocenters. The highest BCUT2D eigenvalue weighted by Crippen LogP contribution is 2.21. The van der Waals surface area contributed by atoms with E-state index in [-0.39, 0.29) is 10.6 Å². The average Bonchev–Trinajstić information content (AvgIpc) is 2.33. The molecule has 0 unspecified atom stereocenters. The van der Waals surface area contributed by atoms with E-state index < -0.39 is 11.7 Å². The summed E-state index contributed by atoms with van der Waals surface area (Å²) in [5.74, 6) is -1.21.